The fourth-order valence-corrected chi connectivity index (χ4v) is 2.24. The lowest BCUT2D eigenvalue weighted by Crippen LogP contribution is -2.45. The standard InChI is InChI=1S/C11H18O3/c1-3-7-11(10(13)14-2)8-5-4-6-9(11)12/h3,9,12H,1,4-8H2,2H3/t9-,11+/m1/s1. The van der Waals surface area contributed by atoms with Crippen molar-refractivity contribution in [1.29, 1.82) is 0 Å². The second-order valence-electron chi connectivity index (χ2n) is 3.90. The van der Waals surface area contributed by atoms with Gasteiger partial charge in [-0.25, -0.2) is 0 Å². The normalized spacial score (nSPS) is 32.3. The van der Waals surface area contributed by atoms with Gasteiger partial charge in [0, 0.05) is 0 Å². The van der Waals surface area contributed by atoms with Crippen LogP contribution in [-0.2, 0) is 9.53 Å². The van der Waals surface area contributed by atoms with Crippen LogP contribution in [0.1, 0.15) is 32.1 Å². The van der Waals surface area contributed by atoms with Gasteiger partial charge in [-0.3, -0.25) is 4.79 Å². The van der Waals surface area contributed by atoms with Crippen LogP contribution in [0.3, 0.4) is 0 Å². The van der Waals surface area contributed by atoms with Crippen LogP contribution in [0, 0.1) is 5.41 Å². The fraction of sp³-hybridized carbons (Fsp3) is 0.727. The maximum Gasteiger partial charge on any atom is 0.314 e. The predicted octanol–water partition coefficient (Wildman–Crippen LogP) is 1.66. The molecular weight excluding hydrogens is 180 g/mol. The van der Waals surface area contributed by atoms with Crippen molar-refractivity contribution in [3.63, 3.8) is 0 Å². The maximum atomic E-state index is 11.7. The summed E-state index contributed by atoms with van der Waals surface area (Å²) in [6.07, 6.45) is 4.95. The van der Waals surface area contributed by atoms with E-state index >= 15 is 0 Å². The zero-order chi connectivity index (χ0) is 10.6. The van der Waals surface area contributed by atoms with Gasteiger partial charge in [0.25, 0.3) is 0 Å². The fourth-order valence-electron chi connectivity index (χ4n) is 2.24. The summed E-state index contributed by atoms with van der Waals surface area (Å²) < 4.78 is 4.77. The highest BCUT2D eigenvalue weighted by atomic mass is 16.5. The average Bonchev–Trinajstić information content (AvgIpc) is 2.20. The van der Waals surface area contributed by atoms with Crippen LogP contribution in [0.25, 0.3) is 0 Å². The molecule has 2 atom stereocenters. The first-order valence-corrected chi connectivity index (χ1v) is 5.05. The molecule has 1 saturated carbocycles. The Morgan fingerprint density at radius 2 is 2.43 bits per heavy atom. The van der Waals surface area contributed by atoms with Gasteiger partial charge in [0.1, 0.15) is 0 Å². The molecule has 0 spiro atoms. The summed E-state index contributed by atoms with van der Waals surface area (Å²) in [5.74, 6) is -0.301. The number of carbonyl (C=O) groups is 1. The second-order valence-corrected chi connectivity index (χ2v) is 3.90. The largest absolute Gasteiger partial charge is 0.469 e. The van der Waals surface area contributed by atoms with Crippen molar-refractivity contribution in [3.8, 4) is 0 Å². The molecule has 1 fully saturated rings. The van der Waals surface area contributed by atoms with Crippen LogP contribution in [-0.4, -0.2) is 24.3 Å². The van der Waals surface area contributed by atoms with Gasteiger partial charge in [0.05, 0.1) is 18.6 Å². The molecule has 0 unspecified atom stereocenters. The highest BCUT2D eigenvalue weighted by Crippen LogP contribution is 2.40. The molecule has 1 N–H and O–H groups in total. The summed E-state index contributed by atoms with van der Waals surface area (Å²) >= 11 is 0. The topological polar surface area (TPSA) is 46.5 Å². The summed E-state index contributed by atoms with van der Waals surface area (Å²) in [7, 11) is 1.37. The van der Waals surface area contributed by atoms with Crippen molar-refractivity contribution in [2.45, 2.75) is 38.2 Å². The van der Waals surface area contributed by atoms with Crippen LogP contribution in [0.5, 0.6) is 0 Å². The molecule has 0 aromatic heterocycles. The van der Waals surface area contributed by atoms with E-state index in [-0.39, 0.29) is 5.97 Å². The van der Waals surface area contributed by atoms with E-state index in [0.29, 0.717) is 19.3 Å². The molecule has 80 valence electrons. The molecule has 0 aliphatic heterocycles. The molecular formula is C11H18O3. The number of ether oxygens (including phenoxy) is 1. The Labute approximate surface area is 84.8 Å². The highest BCUT2D eigenvalue weighted by Gasteiger charge is 2.46. The number of hydrogen-bond acceptors (Lipinski definition) is 3. The van der Waals surface area contributed by atoms with Gasteiger partial charge >= 0.3 is 5.97 Å². The molecule has 0 aromatic carbocycles. The molecule has 3 heteroatoms. The minimum absolute atomic E-state index is 0.301. The van der Waals surface area contributed by atoms with Crippen molar-refractivity contribution in [2.24, 2.45) is 5.41 Å². The first-order chi connectivity index (χ1) is 6.67. The Hall–Kier alpha value is -0.830. The Morgan fingerprint density at radius 1 is 1.71 bits per heavy atom. The molecule has 1 aliphatic carbocycles. The van der Waals surface area contributed by atoms with Crippen molar-refractivity contribution < 1.29 is 14.6 Å². The maximum absolute atomic E-state index is 11.7. The molecule has 0 amide bonds. The molecule has 1 aliphatic rings. The third-order valence-corrected chi connectivity index (χ3v) is 3.09. The van der Waals surface area contributed by atoms with E-state index in [1.165, 1.54) is 7.11 Å². The molecule has 0 radical (unpaired) electrons. The SMILES string of the molecule is C=CC[C@]1(C(=O)OC)CCCC[C@H]1O. The number of aliphatic hydroxyl groups excluding tert-OH is 1. The van der Waals surface area contributed by atoms with Crippen LogP contribution < -0.4 is 0 Å². The monoisotopic (exact) mass is 198 g/mol. The lowest BCUT2D eigenvalue weighted by Gasteiger charge is -2.38. The van der Waals surface area contributed by atoms with Crippen molar-refractivity contribution in [3.05, 3.63) is 12.7 Å². The molecule has 0 heterocycles. The second kappa shape index (κ2) is 4.60. The highest BCUT2D eigenvalue weighted by molar-refractivity contribution is 5.77. The smallest absolute Gasteiger partial charge is 0.314 e. The van der Waals surface area contributed by atoms with Gasteiger partial charge < -0.3 is 9.84 Å². The third kappa shape index (κ3) is 1.82. The van der Waals surface area contributed by atoms with Crippen molar-refractivity contribution in [1.82, 2.24) is 0 Å². The third-order valence-electron chi connectivity index (χ3n) is 3.09. The summed E-state index contributed by atoms with van der Waals surface area (Å²) in [6.45, 7) is 3.63. The van der Waals surface area contributed by atoms with E-state index in [1.807, 2.05) is 0 Å². The van der Waals surface area contributed by atoms with E-state index in [4.69, 9.17) is 4.74 Å². The van der Waals surface area contributed by atoms with E-state index < -0.39 is 11.5 Å². The van der Waals surface area contributed by atoms with Gasteiger partial charge in [0.15, 0.2) is 0 Å². The molecule has 0 bridgehead atoms. The van der Waals surface area contributed by atoms with Gasteiger partial charge in [-0.05, 0) is 19.3 Å². The van der Waals surface area contributed by atoms with E-state index in [1.54, 1.807) is 6.08 Å². The number of hydrogen-bond donors (Lipinski definition) is 1. The van der Waals surface area contributed by atoms with Crippen LogP contribution >= 0.6 is 0 Å². The van der Waals surface area contributed by atoms with Gasteiger partial charge in [0.2, 0.25) is 0 Å². The van der Waals surface area contributed by atoms with Crippen molar-refractivity contribution >= 4 is 5.97 Å². The number of carbonyl (C=O) groups excluding carboxylic acids is 1. The number of rotatable bonds is 3. The summed E-state index contributed by atoms with van der Waals surface area (Å²) in [6, 6.07) is 0. The van der Waals surface area contributed by atoms with Crippen molar-refractivity contribution in [2.75, 3.05) is 7.11 Å². The van der Waals surface area contributed by atoms with Gasteiger partial charge in [-0.1, -0.05) is 18.9 Å². The van der Waals surface area contributed by atoms with Crippen LogP contribution in [0.15, 0.2) is 12.7 Å². The number of methoxy groups -OCH3 is 1. The summed E-state index contributed by atoms with van der Waals surface area (Å²) in [4.78, 5) is 11.7. The molecule has 0 saturated heterocycles. The van der Waals surface area contributed by atoms with E-state index in [2.05, 4.69) is 6.58 Å². The van der Waals surface area contributed by atoms with E-state index in [9.17, 15) is 9.90 Å². The zero-order valence-electron chi connectivity index (χ0n) is 8.66. The van der Waals surface area contributed by atoms with Crippen LogP contribution in [0.4, 0.5) is 0 Å². The number of aliphatic hydroxyl groups is 1. The Bertz CT molecular complexity index is 225. The Balaban J connectivity index is 2.87. The first-order valence-electron chi connectivity index (χ1n) is 5.05. The summed E-state index contributed by atoms with van der Waals surface area (Å²) in [5.41, 5.74) is -0.727. The zero-order valence-corrected chi connectivity index (χ0v) is 8.66. The average molecular weight is 198 g/mol. The molecule has 1 rings (SSSR count). The Morgan fingerprint density at radius 3 is 2.93 bits per heavy atom. The van der Waals surface area contributed by atoms with Crippen LogP contribution in [0.2, 0.25) is 0 Å². The van der Waals surface area contributed by atoms with Gasteiger partial charge in [-0.15, -0.1) is 6.58 Å². The summed E-state index contributed by atoms with van der Waals surface area (Å²) in [5, 5.41) is 9.90. The van der Waals surface area contributed by atoms with E-state index in [0.717, 1.165) is 12.8 Å². The lowest BCUT2D eigenvalue weighted by atomic mass is 9.69. The predicted molar refractivity (Wildman–Crippen MR) is 53.7 cm³/mol. The Kier molecular flexibility index (Phi) is 3.69. The number of esters is 1. The molecule has 14 heavy (non-hydrogen) atoms. The molecule has 3 nitrogen and oxygen atoms in total. The quantitative estimate of drug-likeness (QED) is 0.554. The lowest BCUT2D eigenvalue weighted by molar-refractivity contribution is -0.163. The van der Waals surface area contributed by atoms with Gasteiger partial charge in [-0.2, -0.15) is 0 Å². The number of allylic oxidation sites excluding steroid dienone is 1. The molecule has 0 aromatic rings. The minimum atomic E-state index is -0.727. The minimum Gasteiger partial charge on any atom is -0.469 e. The first kappa shape index (κ1) is 11.2.